The molecule has 26 heavy (non-hydrogen) atoms. The molecule has 0 saturated carbocycles. The maximum Gasteiger partial charge on any atom is 0.485 e. The van der Waals surface area contributed by atoms with E-state index in [-0.39, 0.29) is 0 Å². The number of hydrogen-bond acceptors (Lipinski definition) is 3. The van der Waals surface area contributed by atoms with Crippen LogP contribution in [-0.2, 0) is 23.1 Å². The molecule has 8 heteroatoms. The lowest BCUT2D eigenvalue weighted by molar-refractivity contribution is -0.704. The predicted octanol–water partition coefficient (Wildman–Crippen LogP) is 4.73. The van der Waals surface area contributed by atoms with Crippen molar-refractivity contribution in [2.45, 2.75) is 83.7 Å². The second-order valence-electron chi connectivity index (χ2n) is 6.16. The van der Waals surface area contributed by atoms with Crippen LogP contribution in [0.3, 0.4) is 0 Å². The second-order valence-corrected chi connectivity index (χ2v) is 7.53. The lowest BCUT2D eigenvalue weighted by atomic mass is 10.1. The first-order chi connectivity index (χ1) is 12.1. The number of unbranched alkanes of at least 4 members (excludes halogenated alkanes) is 6. The first kappa shape index (κ1) is 24.8. The number of hydrogen-bond donors (Lipinski definition) is 0. The number of halogens is 3. The summed E-state index contributed by atoms with van der Waals surface area (Å²) in [4.78, 5) is 0. The molecule has 1 aromatic rings. The van der Waals surface area contributed by atoms with E-state index in [0.29, 0.717) is 0 Å². The molecule has 0 aliphatic carbocycles. The topological polar surface area (TPSA) is 61.1 Å². The molecule has 0 unspecified atom stereocenters. The van der Waals surface area contributed by atoms with Crippen molar-refractivity contribution in [1.82, 2.24) is 0 Å². The number of rotatable bonds is 10. The van der Waals surface area contributed by atoms with Gasteiger partial charge in [0, 0.05) is 25.0 Å². The van der Waals surface area contributed by atoms with Gasteiger partial charge in [0.05, 0.1) is 0 Å². The van der Waals surface area contributed by atoms with Gasteiger partial charge in [-0.3, -0.25) is 0 Å². The van der Waals surface area contributed by atoms with E-state index in [1.807, 2.05) is 0 Å². The maximum absolute atomic E-state index is 10.7. The van der Waals surface area contributed by atoms with Crippen LogP contribution in [0.5, 0.6) is 0 Å². The van der Waals surface area contributed by atoms with Crippen molar-refractivity contribution in [3.05, 3.63) is 30.1 Å². The summed E-state index contributed by atoms with van der Waals surface area (Å²) in [6.45, 7) is 5.73. The van der Waals surface area contributed by atoms with Crippen molar-refractivity contribution in [3.8, 4) is 0 Å². The highest BCUT2D eigenvalue weighted by Gasteiger charge is 2.36. The molecule has 1 rings (SSSR count). The van der Waals surface area contributed by atoms with Gasteiger partial charge in [-0.05, 0) is 12.8 Å². The van der Waals surface area contributed by atoms with Gasteiger partial charge < -0.3 is 4.55 Å². The first-order valence-electron chi connectivity index (χ1n) is 9.13. The van der Waals surface area contributed by atoms with Gasteiger partial charge in [-0.15, -0.1) is 0 Å². The molecule has 0 spiro atoms. The standard InChI is InChI=1S/C17H30N.CHF3O3S/c1-3-5-6-7-8-9-11-15-18-16-12-10-14-17(18)13-4-2;2-1(3,4)8(5,6)7/h10,12,14,16H,3-9,11,13,15H2,1-2H3;(H,5,6,7)/q+1;/p-1. The molecule has 4 nitrogen and oxygen atoms in total. The highest BCUT2D eigenvalue weighted by atomic mass is 32.2. The van der Waals surface area contributed by atoms with E-state index in [0.717, 1.165) is 0 Å². The Labute approximate surface area is 155 Å². The van der Waals surface area contributed by atoms with E-state index >= 15 is 0 Å². The molecule has 152 valence electrons. The third-order valence-electron chi connectivity index (χ3n) is 3.83. The van der Waals surface area contributed by atoms with Crippen molar-refractivity contribution in [2.24, 2.45) is 0 Å². The van der Waals surface area contributed by atoms with Crippen LogP contribution in [0.25, 0.3) is 0 Å². The first-order valence-corrected chi connectivity index (χ1v) is 10.5. The van der Waals surface area contributed by atoms with Crippen LogP contribution in [-0.4, -0.2) is 18.5 Å². The number of aromatic nitrogens is 1. The molecule has 0 saturated heterocycles. The van der Waals surface area contributed by atoms with Gasteiger partial charge in [0.25, 0.3) is 0 Å². The zero-order valence-corrected chi connectivity index (χ0v) is 16.4. The highest BCUT2D eigenvalue weighted by molar-refractivity contribution is 7.86. The lowest BCUT2D eigenvalue weighted by Gasteiger charge is -2.08. The normalized spacial score (nSPS) is 11.8. The molecular formula is C18H30F3NO3S. The van der Waals surface area contributed by atoms with Gasteiger partial charge >= 0.3 is 5.51 Å². The fraction of sp³-hybridized carbons (Fsp3) is 0.722. The van der Waals surface area contributed by atoms with Crippen LogP contribution in [0.1, 0.15) is 70.9 Å². The Kier molecular flexibility index (Phi) is 12.5. The zero-order chi connectivity index (χ0) is 20.1. The van der Waals surface area contributed by atoms with Crippen LogP contribution < -0.4 is 4.57 Å². The van der Waals surface area contributed by atoms with E-state index < -0.39 is 15.6 Å². The van der Waals surface area contributed by atoms with E-state index in [9.17, 15) is 13.2 Å². The summed E-state index contributed by atoms with van der Waals surface area (Å²) in [5, 5.41) is 0. The molecule has 0 amide bonds. The number of aryl methyl sites for hydroxylation is 2. The van der Waals surface area contributed by atoms with Gasteiger partial charge in [-0.2, -0.15) is 13.2 Å². The van der Waals surface area contributed by atoms with Crippen molar-refractivity contribution in [2.75, 3.05) is 0 Å². The third kappa shape index (κ3) is 11.5. The molecule has 0 N–H and O–H groups in total. The fourth-order valence-electron chi connectivity index (χ4n) is 2.45. The van der Waals surface area contributed by atoms with Crippen molar-refractivity contribution >= 4 is 10.1 Å². The molecule has 0 bridgehead atoms. The molecular weight excluding hydrogens is 367 g/mol. The predicted molar refractivity (Wildman–Crippen MR) is 94.4 cm³/mol. The van der Waals surface area contributed by atoms with Crippen LogP contribution >= 0.6 is 0 Å². The summed E-state index contributed by atoms with van der Waals surface area (Å²) in [6.07, 6.45) is 14.4. The Morgan fingerprint density at radius 3 is 2.00 bits per heavy atom. The summed E-state index contributed by atoms with van der Waals surface area (Å²) in [5.74, 6) is 0. The Morgan fingerprint density at radius 1 is 0.962 bits per heavy atom. The Bertz CT molecular complexity index is 590. The van der Waals surface area contributed by atoms with Crippen LogP contribution in [0.15, 0.2) is 24.4 Å². The van der Waals surface area contributed by atoms with E-state index in [2.05, 4.69) is 42.8 Å². The number of pyridine rings is 1. The monoisotopic (exact) mass is 397 g/mol. The van der Waals surface area contributed by atoms with Gasteiger partial charge in [-0.1, -0.05) is 52.0 Å². The molecule has 0 aliphatic heterocycles. The minimum Gasteiger partial charge on any atom is -0.741 e. The number of alkyl halides is 3. The van der Waals surface area contributed by atoms with Crippen LogP contribution in [0.4, 0.5) is 13.2 Å². The Hall–Kier alpha value is -1.15. The molecule has 0 fully saturated rings. The minimum atomic E-state index is -6.09. The largest absolute Gasteiger partial charge is 0.741 e. The summed E-state index contributed by atoms with van der Waals surface area (Å²) in [7, 11) is -6.09. The van der Waals surface area contributed by atoms with Crippen LogP contribution in [0, 0.1) is 0 Å². The Balaban J connectivity index is 0.000000660. The van der Waals surface area contributed by atoms with Crippen molar-refractivity contribution in [1.29, 1.82) is 0 Å². The molecule has 0 atom stereocenters. The quantitative estimate of drug-likeness (QED) is 0.248. The average Bonchev–Trinajstić information content (AvgIpc) is 2.54. The van der Waals surface area contributed by atoms with E-state index in [4.69, 9.17) is 13.0 Å². The van der Waals surface area contributed by atoms with Gasteiger partial charge in [-0.25, -0.2) is 13.0 Å². The fourth-order valence-corrected chi connectivity index (χ4v) is 2.45. The minimum absolute atomic E-state index is 1.20. The molecule has 0 aromatic carbocycles. The van der Waals surface area contributed by atoms with Crippen LogP contribution in [0.2, 0.25) is 0 Å². The molecule has 1 aromatic heterocycles. The van der Waals surface area contributed by atoms with E-state index in [1.165, 1.54) is 70.0 Å². The molecule has 1 heterocycles. The highest BCUT2D eigenvalue weighted by Crippen LogP contribution is 2.20. The third-order valence-corrected chi connectivity index (χ3v) is 4.39. The Morgan fingerprint density at radius 2 is 1.50 bits per heavy atom. The van der Waals surface area contributed by atoms with Gasteiger partial charge in [0.2, 0.25) is 0 Å². The molecule has 0 radical (unpaired) electrons. The summed E-state index contributed by atoms with van der Waals surface area (Å²) in [5.41, 5.74) is -4.15. The summed E-state index contributed by atoms with van der Waals surface area (Å²) >= 11 is 0. The van der Waals surface area contributed by atoms with Gasteiger partial charge in [0.1, 0.15) is 6.54 Å². The van der Waals surface area contributed by atoms with E-state index in [1.54, 1.807) is 0 Å². The molecule has 0 aliphatic rings. The zero-order valence-electron chi connectivity index (χ0n) is 15.6. The number of nitrogens with zero attached hydrogens (tertiary/aromatic N) is 1. The smallest absolute Gasteiger partial charge is 0.485 e. The second kappa shape index (κ2) is 13.1. The van der Waals surface area contributed by atoms with Gasteiger partial charge in [0.15, 0.2) is 22.0 Å². The SMILES string of the molecule is CCCCCCCCC[n+]1ccccc1CCC.O=S(=O)([O-])C(F)(F)F. The van der Waals surface area contributed by atoms with Crippen molar-refractivity contribution < 1.29 is 30.7 Å². The average molecular weight is 398 g/mol. The lowest BCUT2D eigenvalue weighted by Crippen LogP contribution is -2.37. The summed E-state index contributed by atoms with van der Waals surface area (Å²) in [6, 6.07) is 6.58. The summed E-state index contributed by atoms with van der Waals surface area (Å²) < 4.78 is 61.3. The maximum atomic E-state index is 10.7. The van der Waals surface area contributed by atoms with Crippen molar-refractivity contribution in [3.63, 3.8) is 0 Å².